The van der Waals surface area contributed by atoms with Gasteiger partial charge in [0.1, 0.15) is 11.8 Å². The Kier molecular flexibility index (Phi) is 3.42. The molecule has 1 saturated heterocycles. The molecule has 6 heteroatoms. The number of amides is 1. The summed E-state index contributed by atoms with van der Waals surface area (Å²) < 4.78 is 4.65. The van der Waals surface area contributed by atoms with Crippen LogP contribution in [0.5, 0.6) is 0 Å². The van der Waals surface area contributed by atoms with Gasteiger partial charge in [0.25, 0.3) is 5.91 Å². The number of carboxylic acids is 1. The first-order valence-electron chi connectivity index (χ1n) is 6.15. The molecule has 0 spiro atoms. The Morgan fingerprint density at radius 1 is 1.47 bits per heavy atom. The topological polar surface area (TPSA) is 87.8 Å². The number of rotatable bonds is 3. The standard InChI is InChI=1S/C13H15NO5/c1-2-13(12(17)18)6-3-7-14(13)11(16)9-4-5-10(15)19-8-9/h4-5,8H,2-3,6-7H2,1H3,(H,17,18). The highest BCUT2D eigenvalue weighted by Gasteiger charge is 2.48. The van der Waals surface area contributed by atoms with Gasteiger partial charge in [0.2, 0.25) is 0 Å². The van der Waals surface area contributed by atoms with Crippen LogP contribution in [-0.2, 0) is 4.79 Å². The predicted octanol–water partition coefficient (Wildman–Crippen LogP) is 1.11. The SMILES string of the molecule is CCC1(C(=O)O)CCCN1C(=O)c1ccc(=O)oc1. The fraction of sp³-hybridized carbons (Fsp3) is 0.462. The highest BCUT2D eigenvalue weighted by atomic mass is 16.4. The molecule has 6 nitrogen and oxygen atoms in total. The Hall–Kier alpha value is -2.11. The van der Waals surface area contributed by atoms with Gasteiger partial charge in [-0.2, -0.15) is 0 Å². The van der Waals surface area contributed by atoms with Gasteiger partial charge in [-0.05, 0) is 25.3 Å². The van der Waals surface area contributed by atoms with E-state index in [1.807, 2.05) is 0 Å². The quantitative estimate of drug-likeness (QED) is 0.884. The molecule has 0 aromatic carbocycles. The Morgan fingerprint density at radius 2 is 2.21 bits per heavy atom. The summed E-state index contributed by atoms with van der Waals surface area (Å²) in [6.45, 7) is 2.16. The molecule has 0 bridgehead atoms. The van der Waals surface area contributed by atoms with E-state index in [4.69, 9.17) is 0 Å². The molecule has 19 heavy (non-hydrogen) atoms. The summed E-state index contributed by atoms with van der Waals surface area (Å²) in [6, 6.07) is 2.51. The van der Waals surface area contributed by atoms with E-state index in [-0.39, 0.29) is 5.56 Å². The van der Waals surface area contributed by atoms with E-state index < -0.39 is 23.0 Å². The van der Waals surface area contributed by atoms with Gasteiger partial charge in [0, 0.05) is 12.6 Å². The number of carbonyl (C=O) groups is 2. The van der Waals surface area contributed by atoms with Crippen molar-refractivity contribution in [1.29, 1.82) is 0 Å². The van der Waals surface area contributed by atoms with Crippen molar-refractivity contribution in [3.8, 4) is 0 Å². The maximum Gasteiger partial charge on any atom is 0.335 e. The summed E-state index contributed by atoms with van der Waals surface area (Å²) in [4.78, 5) is 36.1. The Morgan fingerprint density at radius 3 is 2.74 bits per heavy atom. The van der Waals surface area contributed by atoms with Crippen LogP contribution in [0.15, 0.2) is 27.6 Å². The molecule has 0 radical (unpaired) electrons. The molecule has 102 valence electrons. The van der Waals surface area contributed by atoms with E-state index in [2.05, 4.69) is 4.42 Å². The van der Waals surface area contributed by atoms with Crippen LogP contribution in [0.1, 0.15) is 36.5 Å². The summed E-state index contributed by atoms with van der Waals surface area (Å²) in [7, 11) is 0. The second-order valence-electron chi connectivity index (χ2n) is 4.59. The Bertz CT molecular complexity index is 544. The molecule has 1 atom stereocenters. The molecule has 0 aliphatic carbocycles. The normalized spacial score (nSPS) is 22.5. The summed E-state index contributed by atoms with van der Waals surface area (Å²) in [5.41, 5.74) is -1.49. The maximum atomic E-state index is 12.3. The van der Waals surface area contributed by atoms with Crippen molar-refractivity contribution >= 4 is 11.9 Å². The summed E-state index contributed by atoms with van der Waals surface area (Å²) in [6.07, 6.45) is 2.53. The van der Waals surface area contributed by atoms with E-state index in [1.165, 1.54) is 11.0 Å². The minimum Gasteiger partial charge on any atom is -0.479 e. The third-order valence-corrected chi connectivity index (χ3v) is 3.66. The average molecular weight is 265 g/mol. The van der Waals surface area contributed by atoms with Gasteiger partial charge in [-0.15, -0.1) is 0 Å². The van der Waals surface area contributed by atoms with Crippen LogP contribution >= 0.6 is 0 Å². The molecule has 2 rings (SSSR count). The van der Waals surface area contributed by atoms with Gasteiger partial charge in [-0.3, -0.25) is 4.79 Å². The first-order valence-corrected chi connectivity index (χ1v) is 6.15. The van der Waals surface area contributed by atoms with E-state index in [0.29, 0.717) is 25.8 Å². The van der Waals surface area contributed by atoms with Gasteiger partial charge >= 0.3 is 11.6 Å². The molecular weight excluding hydrogens is 250 g/mol. The molecule has 1 aliphatic rings. The molecular formula is C13H15NO5. The smallest absolute Gasteiger partial charge is 0.335 e. The number of hydrogen-bond donors (Lipinski definition) is 1. The Balaban J connectivity index is 2.35. The zero-order valence-corrected chi connectivity index (χ0v) is 10.6. The lowest BCUT2D eigenvalue weighted by Gasteiger charge is -2.33. The highest BCUT2D eigenvalue weighted by molar-refractivity contribution is 5.97. The summed E-state index contributed by atoms with van der Waals surface area (Å²) >= 11 is 0. The molecule has 1 aliphatic heterocycles. The fourth-order valence-electron chi connectivity index (χ4n) is 2.55. The minimum absolute atomic E-state index is 0.195. The van der Waals surface area contributed by atoms with Crippen LogP contribution in [0, 0.1) is 0 Å². The lowest BCUT2D eigenvalue weighted by atomic mass is 9.92. The molecule has 1 fully saturated rings. The van der Waals surface area contributed by atoms with Crippen molar-refractivity contribution in [3.05, 3.63) is 34.4 Å². The van der Waals surface area contributed by atoms with E-state index in [0.717, 1.165) is 12.3 Å². The monoisotopic (exact) mass is 265 g/mol. The van der Waals surface area contributed by atoms with E-state index in [9.17, 15) is 19.5 Å². The fourth-order valence-corrected chi connectivity index (χ4v) is 2.55. The Labute approximate surface area is 109 Å². The van der Waals surface area contributed by atoms with Crippen molar-refractivity contribution in [2.24, 2.45) is 0 Å². The minimum atomic E-state index is -1.15. The average Bonchev–Trinajstić information content (AvgIpc) is 2.83. The van der Waals surface area contributed by atoms with Crippen LogP contribution in [0.3, 0.4) is 0 Å². The number of carboxylic acid groups (broad SMARTS) is 1. The number of aliphatic carboxylic acids is 1. The van der Waals surface area contributed by atoms with Crippen molar-refractivity contribution in [2.45, 2.75) is 31.7 Å². The van der Waals surface area contributed by atoms with Crippen LogP contribution in [0.4, 0.5) is 0 Å². The van der Waals surface area contributed by atoms with Crippen molar-refractivity contribution in [2.75, 3.05) is 6.54 Å². The van der Waals surface area contributed by atoms with Gasteiger partial charge in [-0.1, -0.05) is 6.92 Å². The summed E-state index contributed by atoms with van der Waals surface area (Å²) in [5, 5.41) is 9.41. The van der Waals surface area contributed by atoms with Crippen LogP contribution in [-0.4, -0.2) is 34.0 Å². The predicted molar refractivity (Wildman–Crippen MR) is 65.9 cm³/mol. The van der Waals surface area contributed by atoms with Crippen molar-refractivity contribution in [3.63, 3.8) is 0 Å². The number of likely N-dealkylation sites (tertiary alicyclic amines) is 1. The molecule has 0 saturated carbocycles. The third kappa shape index (κ3) is 2.14. The largest absolute Gasteiger partial charge is 0.479 e. The van der Waals surface area contributed by atoms with Crippen LogP contribution < -0.4 is 5.63 Å². The van der Waals surface area contributed by atoms with Gasteiger partial charge in [0.05, 0.1) is 5.56 Å². The maximum absolute atomic E-state index is 12.3. The zero-order valence-electron chi connectivity index (χ0n) is 10.6. The molecule has 1 aromatic rings. The first kappa shape index (κ1) is 13.3. The second kappa shape index (κ2) is 4.87. The highest BCUT2D eigenvalue weighted by Crippen LogP contribution is 2.33. The molecule has 1 unspecified atom stereocenters. The number of carbonyl (C=O) groups excluding carboxylic acids is 1. The van der Waals surface area contributed by atoms with Gasteiger partial charge in [-0.25, -0.2) is 9.59 Å². The van der Waals surface area contributed by atoms with Gasteiger partial charge in [0.15, 0.2) is 0 Å². The number of hydrogen-bond acceptors (Lipinski definition) is 4. The van der Waals surface area contributed by atoms with Crippen molar-refractivity contribution < 1.29 is 19.1 Å². The molecule has 1 aromatic heterocycles. The second-order valence-corrected chi connectivity index (χ2v) is 4.59. The van der Waals surface area contributed by atoms with E-state index >= 15 is 0 Å². The van der Waals surface area contributed by atoms with Gasteiger partial charge < -0.3 is 14.4 Å². The molecule has 1 N–H and O–H groups in total. The van der Waals surface area contributed by atoms with Crippen molar-refractivity contribution in [1.82, 2.24) is 4.90 Å². The first-order chi connectivity index (χ1) is 9.01. The number of nitrogens with zero attached hydrogens (tertiary/aromatic N) is 1. The summed E-state index contributed by atoms with van der Waals surface area (Å²) in [5.74, 6) is -1.40. The van der Waals surface area contributed by atoms with Crippen LogP contribution in [0.25, 0.3) is 0 Å². The van der Waals surface area contributed by atoms with Crippen LogP contribution in [0.2, 0.25) is 0 Å². The molecule has 1 amide bonds. The van der Waals surface area contributed by atoms with E-state index in [1.54, 1.807) is 6.92 Å². The molecule has 2 heterocycles. The lowest BCUT2D eigenvalue weighted by molar-refractivity contribution is -0.148. The zero-order chi connectivity index (χ0) is 14.0. The third-order valence-electron chi connectivity index (χ3n) is 3.66. The lowest BCUT2D eigenvalue weighted by Crippen LogP contribution is -2.52.